The van der Waals surface area contributed by atoms with Crippen molar-refractivity contribution in [1.29, 1.82) is 0 Å². The molecule has 0 aliphatic heterocycles. The van der Waals surface area contributed by atoms with Crippen LogP contribution in [-0.2, 0) is 6.42 Å². The van der Waals surface area contributed by atoms with Crippen LogP contribution < -0.4 is 5.32 Å². The van der Waals surface area contributed by atoms with Crippen molar-refractivity contribution < 1.29 is 0 Å². The van der Waals surface area contributed by atoms with E-state index in [1.54, 1.807) is 0 Å². The highest BCUT2D eigenvalue weighted by Crippen LogP contribution is 2.34. The lowest BCUT2D eigenvalue weighted by Gasteiger charge is -2.09. The van der Waals surface area contributed by atoms with Crippen LogP contribution in [0.4, 0.5) is 5.69 Å². The van der Waals surface area contributed by atoms with Crippen LogP contribution in [0.2, 0.25) is 0 Å². The summed E-state index contributed by atoms with van der Waals surface area (Å²) in [5.41, 5.74) is 4.12. The van der Waals surface area contributed by atoms with Gasteiger partial charge in [0, 0.05) is 12.7 Å². The van der Waals surface area contributed by atoms with Crippen molar-refractivity contribution in [2.24, 2.45) is 5.92 Å². The van der Waals surface area contributed by atoms with Crippen molar-refractivity contribution in [3.8, 4) is 0 Å². The highest BCUT2D eigenvalue weighted by molar-refractivity contribution is 5.52. The SMILES string of the molecule is CNc1cc(C)ccc1CCCC1CC1. The lowest BCUT2D eigenvalue weighted by Crippen LogP contribution is -1.96. The fourth-order valence-electron chi connectivity index (χ4n) is 2.13. The molecular weight excluding hydrogens is 182 g/mol. The maximum atomic E-state index is 3.29. The number of hydrogen-bond donors (Lipinski definition) is 1. The van der Waals surface area contributed by atoms with E-state index in [2.05, 4.69) is 30.4 Å². The van der Waals surface area contributed by atoms with Gasteiger partial charge in [-0.3, -0.25) is 0 Å². The van der Waals surface area contributed by atoms with Gasteiger partial charge in [0.15, 0.2) is 0 Å². The topological polar surface area (TPSA) is 12.0 Å². The minimum Gasteiger partial charge on any atom is -0.388 e. The lowest BCUT2D eigenvalue weighted by atomic mass is 10.0. The molecule has 15 heavy (non-hydrogen) atoms. The summed E-state index contributed by atoms with van der Waals surface area (Å²) in [6, 6.07) is 6.73. The standard InChI is InChI=1S/C14H21N/c1-11-6-9-13(14(10-11)15-2)5-3-4-12-7-8-12/h6,9-10,12,15H,3-5,7-8H2,1-2H3. The normalized spacial score (nSPS) is 15.3. The number of aryl methyl sites for hydroxylation is 2. The van der Waals surface area contributed by atoms with E-state index in [4.69, 9.17) is 0 Å². The second-order valence-electron chi connectivity index (χ2n) is 4.75. The Labute approximate surface area is 92.9 Å². The molecule has 2 rings (SSSR count). The maximum absolute atomic E-state index is 3.29. The molecule has 1 nitrogen and oxygen atoms in total. The first kappa shape index (κ1) is 10.5. The summed E-state index contributed by atoms with van der Waals surface area (Å²) >= 11 is 0. The summed E-state index contributed by atoms with van der Waals surface area (Å²) in [5.74, 6) is 1.06. The average Bonchev–Trinajstić information content (AvgIpc) is 3.04. The molecule has 1 N–H and O–H groups in total. The van der Waals surface area contributed by atoms with Gasteiger partial charge in [-0.15, -0.1) is 0 Å². The van der Waals surface area contributed by atoms with Crippen LogP contribution in [0, 0.1) is 12.8 Å². The molecule has 1 saturated carbocycles. The number of benzene rings is 1. The van der Waals surface area contributed by atoms with Gasteiger partial charge in [-0.05, 0) is 42.9 Å². The molecule has 0 atom stereocenters. The van der Waals surface area contributed by atoms with Crippen molar-refractivity contribution in [3.63, 3.8) is 0 Å². The van der Waals surface area contributed by atoms with Gasteiger partial charge in [0.05, 0.1) is 0 Å². The monoisotopic (exact) mass is 203 g/mol. The predicted octanol–water partition coefficient (Wildman–Crippen LogP) is 3.77. The van der Waals surface area contributed by atoms with Crippen LogP contribution in [0.3, 0.4) is 0 Å². The molecular formula is C14H21N. The zero-order valence-electron chi connectivity index (χ0n) is 9.84. The molecule has 1 aliphatic carbocycles. The largest absolute Gasteiger partial charge is 0.388 e. The van der Waals surface area contributed by atoms with E-state index in [1.165, 1.54) is 48.9 Å². The van der Waals surface area contributed by atoms with Crippen LogP contribution in [0.1, 0.15) is 36.8 Å². The Kier molecular flexibility index (Phi) is 3.30. The Morgan fingerprint density at radius 2 is 2.13 bits per heavy atom. The first-order chi connectivity index (χ1) is 7.29. The lowest BCUT2D eigenvalue weighted by molar-refractivity contribution is 0.667. The smallest absolute Gasteiger partial charge is 0.0372 e. The fraction of sp³-hybridized carbons (Fsp3) is 0.571. The summed E-state index contributed by atoms with van der Waals surface area (Å²) in [6.45, 7) is 2.15. The Morgan fingerprint density at radius 1 is 1.33 bits per heavy atom. The van der Waals surface area contributed by atoms with Gasteiger partial charge in [0.2, 0.25) is 0 Å². The van der Waals surface area contributed by atoms with Gasteiger partial charge in [0.1, 0.15) is 0 Å². The molecule has 0 heterocycles. The van der Waals surface area contributed by atoms with Gasteiger partial charge in [-0.2, -0.15) is 0 Å². The van der Waals surface area contributed by atoms with E-state index in [9.17, 15) is 0 Å². The third kappa shape index (κ3) is 2.98. The van der Waals surface area contributed by atoms with E-state index in [1.807, 2.05) is 7.05 Å². The van der Waals surface area contributed by atoms with Crippen molar-refractivity contribution in [1.82, 2.24) is 0 Å². The van der Waals surface area contributed by atoms with Gasteiger partial charge in [-0.1, -0.05) is 31.4 Å². The maximum Gasteiger partial charge on any atom is 0.0372 e. The Balaban J connectivity index is 1.92. The molecule has 1 aliphatic rings. The molecule has 0 bridgehead atoms. The zero-order valence-corrected chi connectivity index (χ0v) is 9.84. The second kappa shape index (κ2) is 4.69. The van der Waals surface area contributed by atoms with Crippen molar-refractivity contribution >= 4 is 5.69 Å². The van der Waals surface area contributed by atoms with Crippen molar-refractivity contribution in [2.75, 3.05) is 12.4 Å². The molecule has 0 radical (unpaired) electrons. The van der Waals surface area contributed by atoms with Gasteiger partial charge in [0.25, 0.3) is 0 Å². The second-order valence-corrected chi connectivity index (χ2v) is 4.75. The molecule has 1 heteroatoms. The summed E-state index contributed by atoms with van der Waals surface area (Å²) in [6.07, 6.45) is 6.96. The Morgan fingerprint density at radius 3 is 2.80 bits per heavy atom. The number of anilines is 1. The molecule has 0 unspecified atom stereocenters. The van der Waals surface area contributed by atoms with E-state index in [-0.39, 0.29) is 0 Å². The third-order valence-corrected chi connectivity index (χ3v) is 3.29. The van der Waals surface area contributed by atoms with Gasteiger partial charge < -0.3 is 5.32 Å². The first-order valence-electron chi connectivity index (χ1n) is 6.07. The summed E-state index contributed by atoms with van der Waals surface area (Å²) in [7, 11) is 2.01. The fourth-order valence-corrected chi connectivity index (χ4v) is 2.13. The van der Waals surface area contributed by atoms with Crippen LogP contribution in [-0.4, -0.2) is 7.05 Å². The average molecular weight is 203 g/mol. The van der Waals surface area contributed by atoms with Crippen LogP contribution >= 0.6 is 0 Å². The van der Waals surface area contributed by atoms with Crippen molar-refractivity contribution in [3.05, 3.63) is 29.3 Å². The van der Waals surface area contributed by atoms with Gasteiger partial charge >= 0.3 is 0 Å². The molecule has 1 aromatic rings. The van der Waals surface area contributed by atoms with Crippen LogP contribution in [0.5, 0.6) is 0 Å². The summed E-state index contributed by atoms with van der Waals surface area (Å²) in [4.78, 5) is 0. The molecule has 82 valence electrons. The molecule has 0 amide bonds. The van der Waals surface area contributed by atoms with E-state index in [0.29, 0.717) is 0 Å². The zero-order chi connectivity index (χ0) is 10.7. The van der Waals surface area contributed by atoms with Crippen molar-refractivity contribution in [2.45, 2.75) is 39.0 Å². The third-order valence-electron chi connectivity index (χ3n) is 3.29. The Hall–Kier alpha value is -0.980. The summed E-state index contributed by atoms with van der Waals surface area (Å²) in [5, 5.41) is 3.29. The molecule has 0 spiro atoms. The number of rotatable bonds is 5. The number of hydrogen-bond acceptors (Lipinski definition) is 1. The minimum atomic E-state index is 1.06. The van der Waals surface area contributed by atoms with Crippen LogP contribution in [0.25, 0.3) is 0 Å². The van der Waals surface area contributed by atoms with E-state index in [0.717, 1.165) is 5.92 Å². The molecule has 1 fully saturated rings. The molecule has 0 saturated heterocycles. The highest BCUT2D eigenvalue weighted by atomic mass is 14.8. The molecule has 0 aromatic heterocycles. The van der Waals surface area contributed by atoms with E-state index >= 15 is 0 Å². The Bertz CT molecular complexity index is 326. The van der Waals surface area contributed by atoms with Gasteiger partial charge in [-0.25, -0.2) is 0 Å². The van der Waals surface area contributed by atoms with Crippen LogP contribution in [0.15, 0.2) is 18.2 Å². The highest BCUT2D eigenvalue weighted by Gasteiger charge is 2.20. The quantitative estimate of drug-likeness (QED) is 0.768. The first-order valence-corrected chi connectivity index (χ1v) is 6.07. The number of nitrogens with one attached hydrogen (secondary N) is 1. The molecule has 1 aromatic carbocycles. The predicted molar refractivity (Wildman–Crippen MR) is 66.4 cm³/mol. The van der Waals surface area contributed by atoms with E-state index < -0.39 is 0 Å². The minimum absolute atomic E-state index is 1.06. The summed E-state index contributed by atoms with van der Waals surface area (Å²) < 4.78 is 0.